The largest absolute Gasteiger partial charge is 0.389 e. The third-order valence-corrected chi connectivity index (χ3v) is 3.23. The van der Waals surface area contributed by atoms with Crippen molar-refractivity contribution >= 4 is 17.4 Å². The number of carbonyl (C=O) groups is 1. The van der Waals surface area contributed by atoms with Crippen molar-refractivity contribution < 1.29 is 9.90 Å². The number of aliphatic hydroxyl groups is 1. The monoisotopic (exact) mass is 271 g/mol. The number of carbonyl (C=O) groups excluding carboxylic acids is 1. The Morgan fingerprint density at radius 2 is 2.11 bits per heavy atom. The van der Waals surface area contributed by atoms with E-state index in [1.807, 2.05) is 20.8 Å². The van der Waals surface area contributed by atoms with Crippen molar-refractivity contribution in [2.45, 2.75) is 46.1 Å². The van der Waals surface area contributed by atoms with E-state index in [1.54, 1.807) is 18.7 Å². The number of amides is 1. The van der Waals surface area contributed by atoms with E-state index < -0.39 is 5.60 Å². The van der Waals surface area contributed by atoms with E-state index in [2.05, 4.69) is 9.59 Å². The van der Waals surface area contributed by atoms with Crippen molar-refractivity contribution in [2.24, 2.45) is 0 Å². The number of hydrogen-bond donors (Lipinski definition) is 1. The Bertz CT molecular complexity index is 410. The van der Waals surface area contributed by atoms with E-state index in [0.717, 1.165) is 17.2 Å². The minimum absolute atomic E-state index is 0.0988. The summed E-state index contributed by atoms with van der Waals surface area (Å²) in [6.45, 7) is 10.1. The summed E-state index contributed by atoms with van der Waals surface area (Å²) < 4.78 is 3.86. The molecule has 0 aliphatic rings. The molecule has 18 heavy (non-hydrogen) atoms. The topological polar surface area (TPSA) is 66.3 Å². The van der Waals surface area contributed by atoms with E-state index in [9.17, 15) is 9.90 Å². The molecular formula is C12H21N3O2S. The molecule has 1 aromatic rings. The Labute approximate surface area is 112 Å². The minimum Gasteiger partial charge on any atom is -0.389 e. The Hall–Kier alpha value is -1.01. The smallest absolute Gasteiger partial charge is 0.267 e. The lowest BCUT2D eigenvalue weighted by Crippen LogP contribution is -2.42. The standard InChI is InChI=1S/C12H21N3O2S/c1-6-15(7-12(4,5)17)11(16)10-9(8(2)3)13-14-18-10/h8,17H,6-7H2,1-5H3. The molecule has 1 rings (SSSR count). The molecule has 0 saturated heterocycles. The predicted octanol–water partition coefficient (Wildman–Crippen LogP) is 1.89. The SMILES string of the molecule is CCN(CC(C)(C)O)C(=O)c1snnc1C(C)C. The van der Waals surface area contributed by atoms with Gasteiger partial charge < -0.3 is 10.0 Å². The fourth-order valence-corrected chi connectivity index (χ4v) is 2.45. The van der Waals surface area contributed by atoms with Crippen LogP contribution < -0.4 is 0 Å². The molecule has 1 aromatic heterocycles. The van der Waals surface area contributed by atoms with Gasteiger partial charge in [0.15, 0.2) is 0 Å². The number of aromatic nitrogens is 2. The molecule has 0 saturated carbocycles. The first-order valence-corrected chi connectivity index (χ1v) is 6.87. The molecule has 0 spiro atoms. The van der Waals surface area contributed by atoms with Gasteiger partial charge in [-0.05, 0) is 38.2 Å². The Balaban J connectivity index is 2.93. The van der Waals surface area contributed by atoms with Crippen LogP contribution in [0.15, 0.2) is 0 Å². The first-order valence-electron chi connectivity index (χ1n) is 6.10. The summed E-state index contributed by atoms with van der Waals surface area (Å²) in [7, 11) is 0. The van der Waals surface area contributed by atoms with Crippen LogP contribution in [0.3, 0.4) is 0 Å². The van der Waals surface area contributed by atoms with Crippen LogP contribution in [0.1, 0.15) is 55.9 Å². The van der Waals surface area contributed by atoms with Gasteiger partial charge in [0.25, 0.3) is 5.91 Å². The molecule has 0 bridgehead atoms. The summed E-state index contributed by atoms with van der Waals surface area (Å²) >= 11 is 1.12. The summed E-state index contributed by atoms with van der Waals surface area (Å²) in [5, 5.41) is 13.8. The highest BCUT2D eigenvalue weighted by Gasteiger charge is 2.26. The number of nitrogens with zero attached hydrogens (tertiary/aromatic N) is 3. The molecule has 6 heteroatoms. The van der Waals surface area contributed by atoms with Crippen LogP contribution in [-0.2, 0) is 0 Å². The number of hydrogen-bond acceptors (Lipinski definition) is 5. The maximum absolute atomic E-state index is 12.4. The lowest BCUT2D eigenvalue weighted by molar-refractivity contribution is 0.0316. The lowest BCUT2D eigenvalue weighted by Gasteiger charge is -2.27. The van der Waals surface area contributed by atoms with Gasteiger partial charge in [0.1, 0.15) is 4.88 Å². The van der Waals surface area contributed by atoms with Crippen LogP contribution in [0.4, 0.5) is 0 Å². The quantitative estimate of drug-likeness (QED) is 0.888. The van der Waals surface area contributed by atoms with Crippen LogP contribution in [0.5, 0.6) is 0 Å². The second-order valence-corrected chi connectivity index (χ2v) is 6.03. The van der Waals surface area contributed by atoms with Gasteiger partial charge in [0.05, 0.1) is 11.3 Å². The molecule has 0 fully saturated rings. The molecule has 0 aliphatic heterocycles. The van der Waals surface area contributed by atoms with Crippen LogP contribution in [0.2, 0.25) is 0 Å². The molecule has 1 amide bonds. The van der Waals surface area contributed by atoms with Gasteiger partial charge in [-0.15, -0.1) is 5.10 Å². The van der Waals surface area contributed by atoms with Crippen LogP contribution >= 0.6 is 11.5 Å². The van der Waals surface area contributed by atoms with E-state index in [1.165, 1.54) is 0 Å². The van der Waals surface area contributed by atoms with Crippen molar-refractivity contribution in [3.63, 3.8) is 0 Å². The minimum atomic E-state index is -0.901. The van der Waals surface area contributed by atoms with E-state index in [-0.39, 0.29) is 11.8 Å². The zero-order valence-corrected chi connectivity index (χ0v) is 12.4. The molecule has 0 atom stereocenters. The first-order chi connectivity index (χ1) is 8.26. The van der Waals surface area contributed by atoms with Gasteiger partial charge in [-0.3, -0.25) is 4.79 Å². The highest BCUT2D eigenvalue weighted by atomic mass is 32.1. The third kappa shape index (κ3) is 3.74. The van der Waals surface area contributed by atoms with Gasteiger partial charge in [-0.25, -0.2) is 0 Å². The zero-order valence-electron chi connectivity index (χ0n) is 11.6. The van der Waals surface area contributed by atoms with Gasteiger partial charge in [-0.1, -0.05) is 18.3 Å². The van der Waals surface area contributed by atoms with Crippen molar-refractivity contribution in [1.29, 1.82) is 0 Å². The normalized spacial score (nSPS) is 11.9. The van der Waals surface area contributed by atoms with Crippen LogP contribution in [-0.4, -0.2) is 44.2 Å². The number of rotatable bonds is 5. The summed E-state index contributed by atoms with van der Waals surface area (Å²) in [6.07, 6.45) is 0. The molecule has 102 valence electrons. The number of likely N-dealkylation sites (N-methyl/N-ethyl adjacent to an activating group) is 1. The van der Waals surface area contributed by atoms with E-state index in [0.29, 0.717) is 18.0 Å². The van der Waals surface area contributed by atoms with Crippen LogP contribution in [0, 0.1) is 0 Å². The molecule has 0 unspecified atom stereocenters. The summed E-state index contributed by atoms with van der Waals surface area (Å²) in [5.41, 5.74) is -0.166. The first kappa shape index (κ1) is 15.0. The zero-order chi connectivity index (χ0) is 13.9. The maximum atomic E-state index is 12.4. The molecule has 0 aromatic carbocycles. The molecule has 0 radical (unpaired) electrons. The lowest BCUT2D eigenvalue weighted by atomic mass is 10.1. The van der Waals surface area contributed by atoms with Crippen LogP contribution in [0.25, 0.3) is 0 Å². The summed E-state index contributed by atoms with van der Waals surface area (Å²) in [4.78, 5) is 14.6. The molecule has 0 aliphatic carbocycles. The molecule has 5 nitrogen and oxygen atoms in total. The Kier molecular flexibility index (Phi) is 4.81. The van der Waals surface area contributed by atoms with Crippen molar-refractivity contribution in [3.05, 3.63) is 10.6 Å². The highest BCUT2D eigenvalue weighted by Crippen LogP contribution is 2.22. The second kappa shape index (κ2) is 5.75. The fourth-order valence-electron chi connectivity index (χ4n) is 1.66. The summed E-state index contributed by atoms with van der Waals surface area (Å²) in [6, 6.07) is 0. The third-order valence-electron chi connectivity index (χ3n) is 2.50. The average molecular weight is 271 g/mol. The maximum Gasteiger partial charge on any atom is 0.267 e. The Morgan fingerprint density at radius 1 is 1.50 bits per heavy atom. The van der Waals surface area contributed by atoms with Gasteiger partial charge in [0, 0.05) is 13.1 Å². The van der Waals surface area contributed by atoms with Crippen molar-refractivity contribution in [1.82, 2.24) is 14.5 Å². The van der Waals surface area contributed by atoms with E-state index in [4.69, 9.17) is 0 Å². The second-order valence-electron chi connectivity index (χ2n) is 5.27. The van der Waals surface area contributed by atoms with Gasteiger partial charge in [0.2, 0.25) is 0 Å². The molecule has 1 heterocycles. The molecular weight excluding hydrogens is 250 g/mol. The van der Waals surface area contributed by atoms with E-state index >= 15 is 0 Å². The fraction of sp³-hybridized carbons (Fsp3) is 0.750. The summed E-state index contributed by atoms with van der Waals surface area (Å²) in [5.74, 6) is 0.0712. The van der Waals surface area contributed by atoms with Crippen molar-refractivity contribution in [2.75, 3.05) is 13.1 Å². The van der Waals surface area contributed by atoms with Gasteiger partial charge >= 0.3 is 0 Å². The highest BCUT2D eigenvalue weighted by molar-refractivity contribution is 7.08. The predicted molar refractivity (Wildman–Crippen MR) is 71.9 cm³/mol. The average Bonchev–Trinajstić information content (AvgIpc) is 2.72. The van der Waals surface area contributed by atoms with Gasteiger partial charge in [-0.2, -0.15) is 0 Å². The Morgan fingerprint density at radius 3 is 2.56 bits per heavy atom. The van der Waals surface area contributed by atoms with Crippen molar-refractivity contribution in [3.8, 4) is 0 Å². The molecule has 1 N–H and O–H groups in total.